The molecule has 0 aromatic heterocycles. The minimum Gasteiger partial charge on any atom is -0.480 e. The first-order valence-electron chi connectivity index (χ1n) is 6.17. The molecule has 4 atom stereocenters. The highest BCUT2D eigenvalue weighted by Gasteiger charge is 2.45. The summed E-state index contributed by atoms with van der Waals surface area (Å²) >= 11 is 0. The lowest BCUT2D eigenvalue weighted by molar-refractivity contribution is -0.144. The van der Waals surface area contributed by atoms with Crippen molar-refractivity contribution in [3.05, 3.63) is 0 Å². The quantitative estimate of drug-likeness (QED) is 0.762. The van der Waals surface area contributed by atoms with Gasteiger partial charge in [-0.25, -0.2) is 4.79 Å². The third-order valence-corrected chi connectivity index (χ3v) is 3.67. The van der Waals surface area contributed by atoms with Crippen LogP contribution < -0.4 is 5.32 Å². The second-order valence-corrected chi connectivity index (χ2v) is 5.28. The third-order valence-electron chi connectivity index (χ3n) is 3.67. The Morgan fingerprint density at radius 3 is 2.47 bits per heavy atom. The lowest BCUT2D eigenvalue weighted by Crippen LogP contribution is -2.48. The van der Waals surface area contributed by atoms with Crippen molar-refractivity contribution < 1.29 is 19.4 Å². The first-order valence-corrected chi connectivity index (χ1v) is 6.17. The number of carbonyl (C=O) groups is 2. The summed E-state index contributed by atoms with van der Waals surface area (Å²) in [4.78, 5) is 23.0. The van der Waals surface area contributed by atoms with Crippen LogP contribution in [0.2, 0.25) is 0 Å². The molecule has 96 valence electrons. The maximum Gasteiger partial charge on any atom is 0.326 e. The van der Waals surface area contributed by atoms with Crippen LogP contribution in [0.15, 0.2) is 0 Å². The zero-order valence-corrected chi connectivity index (χ0v) is 10.2. The minimum atomic E-state index is -0.975. The van der Waals surface area contributed by atoms with E-state index in [-0.39, 0.29) is 30.0 Å². The first-order chi connectivity index (χ1) is 7.99. The highest BCUT2D eigenvalue weighted by Crippen LogP contribution is 2.38. The number of nitrogens with one attached hydrogen (secondary N) is 1. The molecule has 2 heterocycles. The van der Waals surface area contributed by atoms with Gasteiger partial charge in [0.15, 0.2) is 0 Å². The Kier molecular flexibility index (Phi) is 3.38. The van der Waals surface area contributed by atoms with Gasteiger partial charge in [-0.1, -0.05) is 13.8 Å². The molecular weight excluding hydrogens is 222 g/mol. The van der Waals surface area contributed by atoms with Crippen LogP contribution in [0.3, 0.4) is 0 Å². The van der Waals surface area contributed by atoms with Crippen LogP contribution in [0.1, 0.15) is 33.1 Å². The SMILES string of the molecule is CC(C)[C@H](NC(=O)C1CC2CCC1O2)C(=O)O. The third kappa shape index (κ3) is 2.44. The van der Waals surface area contributed by atoms with Crippen LogP contribution in [0.25, 0.3) is 0 Å². The van der Waals surface area contributed by atoms with E-state index >= 15 is 0 Å². The zero-order chi connectivity index (χ0) is 12.6. The standard InChI is InChI=1S/C12H19NO4/c1-6(2)10(12(15)16)13-11(14)8-5-7-3-4-9(8)17-7/h6-10H,3-5H2,1-2H3,(H,13,14)(H,15,16)/t7?,8?,9?,10-/m0/s1. The molecule has 0 saturated carbocycles. The zero-order valence-electron chi connectivity index (χ0n) is 10.2. The van der Waals surface area contributed by atoms with Crippen molar-refractivity contribution >= 4 is 11.9 Å². The van der Waals surface area contributed by atoms with Gasteiger partial charge in [0, 0.05) is 0 Å². The van der Waals surface area contributed by atoms with Gasteiger partial charge < -0.3 is 15.2 Å². The van der Waals surface area contributed by atoms with Gasteiger partial charge in [-0.15, -0.1) is 0 Å². The van der Waals surface area contributed by atoms with Crippen LogP contribution in [-0.4, -0.2) is 35.2 Å². The van der Waals surface area contributed by atoms with E-state index in [0.717, 1.165) is 19.3 Å². The molecular formula is C12H19NO4. The molecule has 3 unspecified atom stereocenters. The molecule has 2 fully saturated rings. The Morgan fingerprint density at radius 2 is 2.06 bits per heavy atom. The normalized spacial score (nSPS) is 32.8. The Morgan fingerprint density at radius 1 is 1.35 bits per heavy atom. The fraction of sp³-hybridized carbons (Fsp3) is 0.833. The summed E-state index contributed by atoms with van der Waals surface area (Å²) in [5, 5.41) is 11.6. The second kappa shape index (κ2) is 4.64. The monoisotopic (exact) mass is 241 g/mol. The van der Waals surface area contributed by atoms with Crippen LogP contribution in [-0.2, 0) is 14.3 Å². The summed E-state index contributed by atoms with van der Waals surface area (Å²) in [5.41, 5.74) is 0. The average Bonchev–Trinajstić information content (AvgIpc) is 2.85. The van der Waals surface area contributed by atoms with Crippen molar-refractivity contribution in [2.75, 3.05) is 0 Å². The highest BCUT2D eigenvalue weighted by atomic mass is 16.5. The molecule has 0 aliphatic carbocycles. The van der Waals surface area contributed by atoms with Crippen molar-refractivity contribution in [3.8, 4) is 0 Å². The predicted molar refractivity (Wildman–Crippen MR) is 60.4 cm³/mol. The van der Waals surface area contributed by atoms with Crippen molar-refractivity contribution in [1.29, 1.82) is 0 Å². The van der Waals surface area contributed by atoms with E-state index in [4.69, 9.17) is 9.84 Å². The number of ether oxygens (including phenoxy) is 1. The Labute approximate surface area is 101 Å². The molecule has 2 aliphatic heterocycles. The van der Waals surface area contributed by atoms with Crippen LogP contribution >= 0.6 is 0 Å². The molecule has 0 spiro atoms. The smallest absolute Gasteiger partial charge is 0.326 e. The van der Waals surface area contributed by atoms with Gasteiger partial charge in [0.05, 0.1) is 18.1 Å². The van der Waals surface area contributed by atoms with E-state index in [1.165, 1.54) is 0 Å². The summed E-state index contributed by atoms with van der Waals surface area (Å²) in [6.07, 6.45) is 2.89. The Hall–Kier alpha value is -1.10. The summed E-state index contributed by atoms with van der Waals surface area (Å²) < 4.78 is 5.60. The lowest BCUT2D eigenvalue weighted by Gasteiger charge is -2.23. The molecule has 17 heavy (non-hydrogen) atoms. The van der Waals surface area contributed by atoms with E-state index in [9.17, 15) is 9.59 Å². The van der Waals surface area contributed by atoms with Crippen LogP contribution in [0, 0.1) is 11.8 Å². The second-order valence-electron chi connectivity index (χ2n) is 5.28. The van der Waals surface area contributed by atoms with Gasteiger partial charge in [-0.05, 0) is 25.2 Å². The molecule has 0 aromatic carbocycles. The van der Waals surface area contributed by atoms with Crippen molar-refractivity contribution in [2.45, 2.75) is 51.4 Å². The molecule has 2 saturated heterocycles. The minimum absolute atomic E-state index is 0.00149. The van der Waals surface area contributed by atoms with E-state index in [1.807, 2.05) is 0 Å². The molecule has 5 heteroatoms. The van der Waals surface area contributed by atoms with Crippen LogP contribution in [0.4, 0.5) is 0 Å². The molecule has 5 nitrogen and oxygen atoms in total. The number of hydrogen-bond acceptors (Lipinski definition) is 3. The maximum absolute atomic E-state index is 12.0. The number of aliphatic carboxylic acids is 1. The number of carbonyl (C=O) groups excluding carboxylic acids is 1. The largest absolute Gasteiger partial charge is 0.480 e. The topological polar surface area (TPSA) is 75.6 Å². The molecule has 2 aliphatic rings. The summed E-state index contributed by atoms with van der Waals surface area (Å²) in [5.74, 6) is -1.42. The van der Waals surface area contributed by atoms with Gasteiger partial charge in [-0.3, -0.25) is 4.79 Å². The fourth-order valence-corrected chi connectivity index (χ4v) is 2.69. The molecule has 2 bridgehead atoms. The van der Waals surface area contributed by atoms with Crippen molar-refractivity contribution in [3.63, 3.8) is 0 Å². The van der Waals surface area contributed by atoms with E-state index in [2.05, 4.69) is 5.32 Å². The lowest BCUT2D eigenvalue weighted by atomic mass is 9.88. The van der Waals surface area contributed by atoms with Crippen molar-refractivity contribution in [1.82, 2.24) is 5.32 Å². The predicted octanol–water partition coefficient (Wildman–Crippen LogP) is 0.779. The Balaban J connectivity index is 1.94. The van der Waals surface area contributed by atoms with Gasteiger partial charge >= 0.3 is 5.97 Å². The molecule has 1 amide bonds. The van der Waals surface area contributed by atoms with Gasteiger partial charge in [0.2, 0.25) is 5.91 Å². The summed E-state index contributed by atoms with van der Waals surface area (Å²) in [6.45, 7) is 3.58. The van der Waals surface area contributed by atoms with E-state index in [1.54, 1.807) is 13.8 Å². The number of amides is 1. The number of hydrogen-bond donors (Lipinski definition) is 2. The van der Waals surface area contributed by atoms with Gasteiger partial charge in [-0.2, -0.15) is 0 Å². The van der Waals surface area contributed by atoms with Gasteiger partial charge in [0.25, 0.3) is 0 Å². The molecule has 2 N–H and O–H groups in total. The van der Waals surface area contributed by atoms with Gasteiger partial charge in [0.1, 0.15) is 6.04 Å². The van der Waals surface area contributed by atoms with Crippen LogP contribution in [0.5, 0.6) is 0 Å². The van der Waals surface area contributed by atoms with E-state index in [0.29, 0.717) is 0 Å². The summed E-state index contributed by atoms with van der Waals surface area (Å²) in [6, 6.07) is -0.804. The first kappa shape index (κ1) is 12.4. The molecule has 2 rings (SSSR count). The number of carboxylic acids is 1. The average molecular weight is 241 g/mol. The van der Waals surface area contributed by atoms with E-state index < -0.39 is 12.0 Å². The fourth-order valence-electron chi connectivity index (χ4n) is 2.69. The number of rotatable bonds is 4. The number of fused-ring (bicyclic) bond motifs is 2. The number of carboxylic acid groups (broad SMARTS) is 1. The maximum atomic E-state index is 12.0. The summed E-state index contributed by atoms with van der Waals surface area (Å²) in [7, 11) is 0. The molecule has 0 radical (unpaired) electrons. The Bertz CT molecular complexity index is 328. The highest BCUT2D eigenvalue weighted by molar-refractivity contribution is 5.85. The molecule has 0 aromatic rings. The van der Waals surface area contributed by atoms with Crippen molar-refractivity contribution in [2.24, 2.45) is 11.8 Å².